The van der Waals surface area contributed by atoms with E-state index in [2.05, 4.69) is 5.32 Å². The fourth-order valence-corrected chi connectivity index (χ4v) is 2.26. The predicted octanol–water partition coefficient (Wildman–Crippen LogP) is 0.322. The molecule has 0 bridgehead atoms. The first-order valence-corrected chi connectivity index (χ1v) is 5.80. The molecule has 2 aliphatic heterocycles. The maximum Gasteiger partial charge on any atom is 0.414 e. The van der Waals surface area contributed by atoms with E-state index in [4.69, 9.17) is 24.5 Å². The molecule has 3 N–H and O–H groups in total. The van der Waals surface area contributed by atoms with Gasteiger partial charge in [0.2, 0.25) is 0 Å². The first-order chi connectivity index (χ1) is 8.06. The Labute approximate surface area is 100.0 Å². The summed E-state index contributed by atoms with van der Waals surface area (Å²) >= 11 is 0. The van der Waals surface area contributed by atoms with Crippen LogP contribution in [0.3, 0.4) is 0 Å². The monoisotopic (exact) mass is 245 g/mol. The summed E-state index contributed by atoms with van der Waals surface area (Å²) in [5.74, 6) is -3.65. The van der Waals surface area contributed by atoms with Gasteiger partial charge in [0.1, 0.15) is 0 Å². The molecule has 0 aromatic carbocycles. The quantitative estimate of drug-likeness (QED) is 0.532. The van der Waals surface area contributed by atoms with Crippen molar-refractivity contribution in [2.45, 2.75) is 25.7 Å². The topological polar surface area (TPSA) is 95.9 Å². The van der Waals surface area contributed by atoms with Gasteiger partial charge in [-0.05, 0) is 44.2 Å². The van der Waals surface area contributed by atoms with E-state index in [-0.39, 0.29) is 0 Å². The number of ether oxygens (including phenoxy) is 1. The molecule has 98 valence electrons. The van der Waals surface area contributed by atoms with Crippen molar-refractivity contribution in [2.75, 3.05) is 26.3 Å². The fraction of sp³-hybridized carbons (Fsp3) is 0.818. The van der Waals surface area contributed by atoms with E-state index >= 15 is 0 Å². The Bertz CT molecular complexity index is 236. The van der Waals surface area contributed by atoms with E-state index in [1.54, 1.807) is 0 Å². The Hall–Kier alpha value is -1.14. The summed E-state index contributed by atoms with van der Waals surface area (Å²) in [7, 11) is 0. The highest BCUT2D eigenvalue weighted by Crippen LogP contribution is 2.38. The normalized spacial score (nSPS) is 22.4. The largest absolute Gasteiger partial charge is 0.473 e. The van der Waals surface area contributed by atoms with Crippen LogP contribution in [0.15, 0.2) is 0 Å². The molecule has 0 aliphatic carbocycles. The van der Waals surface area contributed by atoms with Gasteiger partial charge in [-0.1, -0.05) is 0 Å². The second-order valence-electron chi connectivity index (χ2n) is 4.47. The molecule has 0 aromatic rings. The first kappa shape index (κ1) is 13.9. The number of piperidine rings is 1. The molecule has 2 aliphatic rings. The van der Waals surface area contributed by atoms with Crippen molar-refractivity contribution in [3.63, 3.8) is 0 Å². The van der Waals surface area contributed by atoms with Gasteiger partial charge in [0.25, 0.3) is 0 Å². The van der Waals surface area contributed by atoms with E-state index in [0.717, 1.165) is 13.2 Å². The van der Waals surface area contributed by atoms with Crippen LogP contribution in [0.4, 0.5) is 0 Å². The molecule has 17 heavy (non-hydrogen) atoms. The van der Waals surface area contributed by atoms with Gasteiger partial charge >= 0.3 is 11.9 Å². The number of hydrogen-bond donors (Lipinski definition) is 3. The maximum absolute atomic E-state index is 9.10. The molecule has 6 nitrogen and oxygen atoms in total. The average molecular weight is 245 g/mol. The number of carboxylic acids is 2. The molecule has 6 heteroatoms. The van der Waals surface area contributed by atoms with Gasteiger partial charge in [-0.2, -0.15) is 0 Å². The maximum atomic E-state index is 9.10. The molecule has 2 saturated heterocycles. The lowest BCUT2D eigenvalue weighted by Crippen LogP contribution is -2.40. The number of hydrogen-bond acceptors (Lipinski definition) is 4. The van der Waals surface area contributed by atoms with Crippen molar-refractivity contribution in [2.24, 2.45) is 5.41 Å². The zero-order valence-corrected chi connectivity index (χ0v) is 9.78. The van der Waals surface area contributed by atoms with Crippen LogP contribution < -0.4 is 5.32 Å². The van der Waals surface area contributed by atoms with Gasteiger partial charge in [0, 0.05) is 13.2 Å². The molecule has 0 saturated carbocycles. The van der Waals surface area contributed by atoms with Gasteiger partial charge in [-0.3, -0.25) is 0 Å². The smallest absolute Gasteiger partial charge is 0.414 e. The molecular weight excluding hydrogens is 226 g/mol. The van der Waals surface area contributed by atoms with E-state index < -0.39 is 11.9 Å². The van der Waals surface area contributed by atoms with Crippen LogP contribution in [-0.2, 0) is 14.3 Å². The lowest BCUT2D eigenvalue weighted by molar-refractivity contribution is -0.159. The summed E-state index contributed by atoms with van der Waals surface area (Å²) in [4.78, 5) is 18.2. The van der Waals surface area contributed by atoms with Crippen molar-refractivity contribution < 1.29 is 24.5 Å². The summed E-state index contributed by atoms with van der Waals surface area (Å²) in [5, 5.41) is 18.2. The molecule has 0 radical (unpaired) electrons. The van der Waals surface area contributed by atoms with Gasteiger partial charge in [-0.25, -0.2) is 9.59 Å². The summed E-state index contributed by atoms with van der Waals surface area (Å²) in [6.07, 6.45) is 5.34. The molecule has 0 atom stereocenters. The molecule has 0 unspecified atom stereocenters. The number of nitrogens with one attached hydrogen (secondary N) is 1. The van der Waals surface area contributed by atoms with Crippen LogP contribution in [0.2, 0.25) is 0 Å². The molecular formula is C11H19NO5. The Kier molecular flexibility index (Phi) is 5.37. The number of rotatable bonds is 0. The lowest BCUT2D eigenvalue weighted by atomic mass is 9.73. The Balaban J connectivity index is 0.000000209. The van der Waals surface area contributed by atoms with Crippen molar-refractivity contribution in [1.82, 2.24) is 5.32 Å². The zero-order chi connectivity index (χ0) is 12.7. The van der Waals surface area contributed by atoms with Gasteiger partial charge in [0.15, 0.2) is 0 Å². The van der Waals surface area contributed by atoms with Crippen LogP contribution in [0.25, 0.3) is 0 Å². The fourth-order valence-electron chi connectivity index (χ4n) is 2.26. The molecule has 1 spiro atoms. The third-order valence-electron chi connectivity index (χ3n) is 3.40. The van der Waals surface area contributed by atoms with Gasteiger partial charge < -0.3 is 20.3 Å². The third-order valence-corrected chi connectivity index (χ3v) is 3.40. The summed E-state index contributed by atoms with van der Waals surface area (Å²) in [5.41, 5.74) is 0.670. The highest BCUT2D eigenvalue weighted by molar-refractivity contribution is 6.27. The van der Waals surface area contributed by atoms with Gasteiger partial charge in [-0.15, -0.1) is 0 Å². The lowest BCUT2D eigenvalue weighted by Gasteiger charge is -2.40. The van der Waals surface area contributed by atoms with Crippen LogP contribution in [0, 0.1) is 5.41 Å². The van der Waals surface area contributed by atoms with Crippen molar-refractivity contribution in [1.29, 1.82) is 0 Å². The standard InChI is InChI=1S/C9H17NO.C2H2O4/c1-5-10-6-2-9(1)3-7-11-8-4-9;3-1(4)2(5)6/h10H,1-8H2;(H,3,4)(H,5,6). The average Bonchev–Trinajstić information content (AvgIpc) is 2.31. The minimum atomic E-state index is -1.82. The van der Waals surface area contributed by atoms with Crippen LogP contribution in [0.1, 0.15) is 25.7 Å². The van der Waals surface area contributed by atoms with Crippen molar-refractivity contribution in [3.05, 3.63) is 0 Å². The van der Waals surface area contributed by atoms with Crippen molar-refractivity contribution >= 4 is 11.9 Å². The summed E-state index contributed by atoms with van der Waals surface area (Å²) < 4.78 is 5.38. The Morgan fingerprint density at radius 2 is 1.41 bits per heavy atom. The first-order valence-electron chi connectivity index (χ1n) is 5.80. The van der Waals surface area contributed by atoms with Crippen LogP contribution in [-0.4, -0.2) is 48.5 Å². The Morgan fingerprint density at radius 3 is 1.82 bits per heavy atom. The van der Waals surface area contributed by atoms with Crippen LogP contribution >= 0.6 is 0 Å². The molecule has 2 heterocycles. The van der Waals surface area contributed by atoms with E-state index in [0.29, 0.717) is 5.41 Å². The minimum Gasteiger partial charge on any atom is -0.473 e. The molecule has 0 amide bonds. The molecule has 2 fully saturated rings. The SMILES string of the molecule is C1CC2(CCN1)CCOCC2.O=C(O)C(=O)O. The highest BCUT2D eigenvalue weighted by atomic mass is 16.5. The molecule has 2 rings (SSSR count). The summed E-state index contributed by atoms with van der Waals surface area (Å²) in [6.45, 7) is 4.44. The van der Waals surface area contributed by atoms with E-state index in [9.17, 15) is 0 Å². The second-order valence-corrected chi connectivity index (χ2v) is 4.47. The van der Waals surface area contributed by atoms with Crippen molar-refractivity contribution in [3.8, 4) is 0 Å². The number of aliphatic carboxylic acids is 2. The third kappa shape index (κ3) is 4.70. The number of carbonyl (C=O) groups is 2. The van der Waals surface area contributed by atoms with Crippen LogP contribution in [0.5, 0.6) is 0 Å². The molecule has 0 aromatic heterocycles. The van der Waals surface area contributed by atoms with E-state index in [1.807, 2.05) is 0 Å². The predicted molar refractivity (Wildman–Crippen MR) is 59.9 cm³/mol. The number of carboxylic acid groups (broad SMARTS) is 2. The van der Waals surface area contributed by atoms with Gasteiger partial charge in [0.05, 0.1) is 0 Å². The Morgan fingerprint density at radius 1 is 0.941 bits per heavy atom. The summed E-state index contributed by atoms with van der Waals surface area (Å²) in [6, 6.07) is 0. The zero-order valence-electron chi connectivity index (χ0n) is 9.78. The minimum absolute atomic E-state index is 0.670. The van der Waals surface area contributed by atoms with E-state index in [1.165, 1.54) is 38.8 Å². The highest BCUT2D eigenvalue weighted by Gasteiger charge is 2.33. The second kappa shape index (κ2) is 6.56.